The van der Waals surface area contributed by atoms with E-state index in [-0.39, 0.29) is 0 Å². The van der Waals surface area contributed by atoms with Crippen molar-refractivity contribution < 1.29 is 4.74 Å². The lowest BCUT2D eigenvalue weighted by molar-refractivity contribution is 0.122. The predicted octanol–water partition coefficient (Wildman–Crippen LogP) is 1.87. The van der Waals surface area contributed by atoms with E-state index in [0.717, 1.165) is 54.6 Å². The number of aryl methyl sites for hydroxylation is 1. The van der Waals surface area contributed by atoms with Crippen LogP contribution in [0.3, 0.4) is 0 Å². The van der Waals surface area contributed by atoms with Crippen LogP contribution in [-0.4, -0.2) is 36.3 Å². The van der Waals surface area contributed by atoms with E-state index in [1.165, 1.54) is 0 Å². The summed E-state index contributed by atoms with van der Waals surface area (Å²) in [5.41, 5.74) is 9.65. The van der Waals surface area contributed by atoms with Crippen molar-refractivity contribution in [2.24, 2.45) is 0 Å². The molecule has 1 aliphatic rings. The van der Waals surface area contributed by atoms with Crippen LogP contribution in [0.1, 0.15) is 5.56 Å². The van der Waals surface area contributed by atoms with Crippen molar-refractivity contribution >= 4 is 11.5 Å². The summed E-state index contributed by atoms with van der Waals surface area (Å²) >= 11 is 0. The van der Waals surface area contributed by atoms with Gasteiger partial charge in [0.2, 0.25) is 0 Å². The van der Waals surface area contributed by atoms with Gasteiger partial charge >= 0.3 is 0 Å². The van der Waals surface area contributed by atoms with Crippen LogP contribution in [0.5, 0.6) is 0 Å². The first-order chi connectivity index (χ1) is 9.74. The lowest BCUT2D eigenvalue weighted by atomic mass is 10.1. The van der Waals surface area contributed by atoms with Crippen molar-refractivity contribution in [3.63, 3.8) is 0 Å². The molecule has 0 amide bonds. The van der Waals surface area contributed by atoms with Crippen LogP contribution in [0.15, 0.2) is 30.6 Å². The molecule has 5 nitrogen and oxygen atoms in total. The molecule has 1 fully saturated rings. The SMILES string of the molecule is Cc1ccc(N)cc1-c1cncc(N2CCOCC2)n1. The van der Waals surface area contributed by atoms with Crippen molar-refractivity contribution in [3.05, 3.63) is 36.2 Å². The number of nitrogens with two attached hydrogens (primary N) is 1. The Morgan fingerprint density at radius 1 is 1.20 bits per heavy atom. The summed E-state index contributed by atoms with van der Waals surface area (Å²) in [4.78, 5) is 11.2. The normalized spacial score (nSPS) is 15.3. The number of benzene rings is 1. The Kier molecular flexibility index (Phi) is 3.52. The largest absolute Gasteiger partial charge is 0.399 e. The van der Waals surface area contributed by atoms with E-state index in [2.05, 4.69) is 16.8 Å². The van der Waals surface area contributed by atoms with Gasteiger partial charge in [0.15, 0.2) is 0 Å². The van der Waals surface area contributed by atoms with Crippen molar-refractivity contribution in [2.45, 2.75) is 6.92 Å². The number of hydrogen-bond donors (Lipinski definition) is 1. The Morgan fingerprint density at radius 3 is 2.80 bits per heavy atom. The standard InChI is InChI=1S/C15H18N4O/c1-11-2-3-12(16)8-13(11)14-9-17-10-15(18-14)19-4-6-20-7-5-19/h2-3,8-10H,4-7,16H2,1H3. The molecule has 0 spiro atoms. The molecule has 0 saturated carbocycles. The number of rotatable bonds is 2. The molecule has 3 rings (SSSR count). The van der Waals surface area contributed by atoms with Gasteiger partial charge in [0, 0.05) is 24.3 Å². The van der Waals surface area contributed by atoms with Gasteiger partial charge in [-0.15, -0.1) is 0 Å². The molecule has 1 aromatic carbocycles. The topological polar surface area (TPSA) is 64.3 Å². The van der Waals surface area contributed by atoms with Crippen molar-refractivity contribution in [2.75, 3.05) is 36.9 Å². The third kappa shape index (κ3) is 2.58. The van der Waals surface area contributed by atoms with Gasteiger partial charge in [-0.3, -0.25) is 4.98 Å². The molecule has 5 heteroatoms. The molecule has 104 valence electrons. The first-order valence-corrected chi connectivity index (χ1v) is 6.75. The minimum absolute atomic E-state index is 0.739. The van der Waals surface area contributed by atoms with Gasteiger partial charge in [0.1, 0.15) is 5.82 Å². The molecule has 2 N–H and O–H groups in total. The fraction of sp³-hybridized carbons (Fsp3) is 0.333. The third-order valence-corrected chi connectivity index (χ3v) is 3.49. The monoisotopic (exact) mass is 270 g/mol. The third-order valence-electron chi connectivity index (χ3n) is 3.49. The molecular weight excluding hydrogens is 252 g/mol. The minimum atomic E-state index is 0.739. The molecule has 1 saturated heterocycles. The van der Waals surface area contributed by atoms with E-state index < -0.39 is 0 Å². The summed E-state index contributed by atoms with van der Waals surface area (Å²) in [6, 6.07) is 5.86. The van der Waals surface area contributed by atoms with E-state index in [0.29, 0.717) is 0 Å². The van der Waals surface area contributed by atoms with Crippen LogP contribution >= 0.6 is 0 Å². The van der Waals surface area contributed by atoms with Gasteiger partial charge in [0.25, 0.3) is 0 Å². The second kappa shape index (κ2) is 5.46. The summed E-state index contributed by atoms with van der Waals surface area (Å²) in [7, 11) is 0. The summed E-state index contributed by atoms with van der Waals surface area (Å²) in [5.74, 6) is 0.896. The van der Waals surface area contributed by atoms with Crippen molar-refractivity contribution in [1.82, 2.24) is 9.97 Å². The molecule has 0 radical (unpaired) electrons. The molecule has 20 heavy (non-hydrogen) atoms. The lowest BCUT2D eigenvalue weighted by Gasteiger charge is -2.27. The second-order valence-corrected chi connectivity index (χ2v) is 4.94. The predicted molar refractivity (Wildman–Crippen MR) is 79.6 cm³/mol. The zero-order chi connectivity index (χ0) is 13.9. The zero-order valence-electron chi connectivity index (χ0n) is 11.5. The fourth-order valence-corrected chi connectivity index (χ4v) is 2.35. The maximum Gasteiger partial charge on any atom is 0.147 e. The Bertz CT molecular complexity index is 609. The number of hydrogen-bond acceptors (Lipinski definition) is 5. The Labute approximate surface area is 118 Å². The number of ether oxygens (including phenoxy) is 1. The first-order valence-electron chi connectivity index (χ1n) is 6.75. The van der Waals surface area contributed by atoms with Gasteiger partial charge in [-0.25, -0.2) is 4.98 Å². The van der Waals surface area contributed by atoms with E-state index in [4.69, 9.17) is 15.5 Å². The van der Waals surface area contributed by atoms with Crippen molar-refractivity contribution in [3.8, 4) is 11.3 Å². The smallest absolute Gasteiger partial charge is 0.147 e. The van der Waals surface area contributed by atoms with Crippen LogP contribution in [0.4, 0.5) is 11.5 Å². The summed E-state index contributed by atoms with van der Waals surface area (Å²) in [6.45, 7) is 5.24. The summed E-state index contributed by atoms with van der Waals surface area (Å²) < 4.78 is 5.36. The van der Waals surface area contributed by atoms with Crippen LogP contribution in [0.25, 0.3) is 11.3 Å². The lowest BCUT2D eigenvalue weighted by Crippen LogP contribution is -2.36. The summed E-state index contributed by atoms with van der Waals surface area (Å²) in [5, 5.41) is 0. The molecule has 0 bridgehead atoms. The molecular formula is C15H18N4O. The van der Waals surface area contributed by atoms with Crippen LogP contribution < -0.4 is 10.6 Å². The highest BCUT2D eigenvalue weighted by Gasteiger charge is 2.14. The highest BCUT2D eigenvalue weighted by atomic mass is 16.5. The number of nitrogen functional groups attached to an aromatic ring is 1. The van der Waals surface area contributed by atoms with Crippen molar-refractivity contribution in [1.29, 1.82) is 0 Å². The molecule has 0 atom stereocenters. The van der Waals surface area contributed by atoms with E-state index in [1.807, 2.05) is 18.2 Å². The van der Waals surface area contributed by atoms with Gasteiger partial charge in [-0.2, -0.15) is 0 Å². The second-order valence-electron chi connectivity index (χ2n) is 4.94. The maximum atomic E-state index is 5.87. The average molecular weight is 270 g/mol. The number of aromatic nitrogens is 2. The van der Waals surface area contributed by atoms with E-state index >= 15 is 0 Å². The summed E-state index contributed by atoms with van der Waals surface area (Å²) in [6.07, 6.45) is 3.59. The van der Waals surface area contributed by atoms with E-state index in [9.17, 15) is 0 Å². The van der Waals surface area contributed by atoms with Crippen LogP contribution in [0, 0.1) is 6.92 Å². The van der Waals surface area contributed by atoms with E-state index in [1.54, 1.807) is 12.4 Å². The maximum absolute atomic E-state index is 5.87. The minimum Gasteiger partial charge on any atom is -0.399 e. The Morgan fingerprint density at radius 2 is 2.00 bits per heavy atom. The number of nitrogens with zero attached hydrogens (tertiary/aromatic N) is 3. The van der Waals surface area contributed by atoms with Gasteiger partial charge in [-0.1, -0.05) is 6.07 Å². The van der Waals surface area contributed by atoms with Gasteiger partial charge in [0.05, 0.1) is 31.3 Å². The molecule has 2 aromatic rings. The van der Waals surface area contributed by atoms with Gasteiger partial charge < -0.3 is 15.4 Å². The molecule has 2 heterocycles. The van der Waals surface area contributed by atoms with Crippen LogP contribution in [-0.2, 0) is 4.74 Å². The Balaban J connectivity index is 1.96. The zero-order valence-corrected chi connectivity index (χ0v) is 11.5. The average Bonchev–Trinajstić information content (AvgIpc) is 2.51. The highest BCUT2D eigenvalue weighted by molar-refractivity contribution is 5.68. The Hall–Kier alpha value is -2.14. The number of anilines is 2. The highest BCUT2D eigenvalue weighted by Crippen LogP contribution is 2.25. The first kappa shape index (κ1) is 12.9. The molecule has 1 aliphatic heterocycles. The fourth-order valence-electron chi connectivity index (χ4n) is 2.35. The number of morpholine rings is 1. The molecule has 1 aromatic heterocycles. The van der Waals surface area contributed by atoms with Crippen LogP contribution in [0.2, 0.25) is 0 Å². The quantitative estimate of drug-likeness (QED) is 0.844. The van der Waals surface area contributed by atoms with Gasteiger partial charge in [-0.05, 0) is 24.6 Å². The molecule has 0 unspecified atom stereocenters. The molecule has 0 aliphatic carbocycles.